The molecule has 0 aliphatic carbocycles. The minimum atomic E-state index is -0.663. The summed E-state index contributed by atoms with van der Waals surface area (Å²) in [5.74, 6) is -0.717. The van der Waals surface area contributed by atoms with Crippen molar-refractivity contribution in [1.82, 2.24) is 4.98 Å². The summed E-state index contributed by atoms with van der Waals surface area (Å²) in [5.41, 5.74) is 8.66. The predicted molar refractivity (Wildman–Crippen MR) is 130 cm³/mol. The SMILES string of the molecule is COc1cc(N2CCOCC2)ccc1Nc1cc(NCc2cc(F)cc(F)c2)c(CC(N)=O)cn1. The Hall–Kier alpha value is -3.92. The van der Waals surface area contributed by atoms with Crippen molar-refractivity contribution in [2.75, 3.05) is 48.9 Å². The van der Waals surface area contributed by atoms with Crippen LogP contribution < -0.4 is 26.0 Å². The van der Waals surface area contributed by atoms with Crippen molar-refractivity contribution in [3.8, 4) is 5.75 Å². The first-order chi connectivity index (χ1) is 16.9. The number of halogens is 2. The average molecular weight is 484 g/mol. The van der Waals surface area contributed by atoms with E-state index in [4.69, 9.17) is 15.2 Å². The van der Waals surface area contributed by atoms with Crippen LogP contribution in [0.3, 0.4) is 0 Å². The number of rotatable bonds is 9. The van der Waals surface area contributed by atoms with Crippen LogP contribution in [0.25, 0.3) is 0 Å². The lowest BCUT2D eigenvalue weighted by Gasteiger charge is -2.29. The molecule has 8 nitrogen and oxygen atoms in total. The fraction of sp³-hybridized carbons (Fsp3) is 0.280. The molecular weight excluding hydrogens is 456 g/mol. The minimum Gasteiger partial charge on any atom is -0.494 e. The number of carbonyl (C=O) groups excluding carboxylic acids is 1. The molecule has 0 bridgehead atoms. The standard InChI is InChI=1S/C25H27F2N5O3/c1-34-23-12-20(32-4-6-35-7-5-32)2-3-21(23)31-25-13-22(17(15-30-25)10-24(28)33)29-14-16-8-18(26)11-19(27)9-16/h2-3,8-9,11-13,15H,4-7,10,14H2,1H3,(H2,28,33)(H2,29,30,31). The number of nitrogens with zero attached hydrogens (tertiary/aromatic N) is 2. The molecule has 1 saturated heterocycles. The third-order valence-electron chi connectivity index (χ3n) is 5.58. The van der Waals surface area contributed by atoms with Gasteiger partial charge in [0.05, 0.1) is 32.4 Å². The number of nitrogens with one attached hydrogen (secondary N) is 2. The molecule has 0 saturated carbocycles. The van der Waals surface area contributed by atoms with Gasteiger partial charge in [-0.3, -0.25) is 4.79 Å². The number of nitrogens with two attached hydrogens (primary N) is 1. The number of morpholine rings is 1. The summed E-state index contributed by atoms with van der Waals surface area (Å²) in [5, 5.41) is 6.36. The van der Waals surface area contributed by atoms with E-state index in [-0.39, 0.29) is 13.0 Å². The smallest absolute Gasteiger partial charge is 0.221 e. The number of methoxy groups -OCH3 is 1. The van der Waals surface area contributed by atoms with E-state index in [1.165, 1.54) is 18.3 Å². The van der Waals surface area contributed by atoms with Crippen molar-refractivity contribution < 1.29 is 23.0 Å². The molecule has 0 unspecified atom stereocenters. The Labute approximate surface area is 202 Å². The second kappa shape index (κ2) is 11.0. The van der Waals surface area contributed by atoms with Gasteiger partial charge in [-0.05, 0) is 29.8 Å². The average Bonchev–Trinajstić information content (AvgIpc) is 2.84. The maximum Gasteiger partial charge on any atom is 0.221 e. The third-order valence-corrected chi connectivity index (χ3v) is 5.58. The molecule has 10 heteroatoms. The van der Waals surface area contributed by atoms with E-state index in [1.54, 1.807) is 13.2 Å². The molecule has 1 aromatic heterocycles. The van der Waals surface area contributed by atoms with Gasteiger partial charge in [-0.1, -0.05) is 0 Å². The molecule has 1 aliphatic heterocycles. The number of carbonyl (C=O) groups is 1. The lowest BCUT2D eigenvalue weighted by molar-refractivity contribution is -0.117. The van der Waals surface area contributed by atoms with Gasteiger partial charge in [-0.25, -0.2) is 13.8 Å². The number of amides is 1. The van der Waals surface area contributed by atoms with Gasteiger partial charge in [0.2, 0.25) is 5.91 Å². The largest absolute Gasteiger partial charge is 0.494 e. The lowest BCUT2D eigenvalue weighted by Crippen LogP contribution is -2.36. The van der Waals surface area contributed by atoms with Crippen LogP contribution >= 0.6 is 0 Å². The fourth-order valence-electron chi connectivity index (χ4n) is 3.89. The van der Waals surface area contributed by atoms with E-state index in [0.29, 0.717) is 47.3 Å². The van der Waals surface area contributed by atoms with Gasteiger partial charge in [-0.15, -0.1) is 0 Å². The Morgan fingerprint density at radius 2 is 1.86 bits per heavy atom. The van der Waals surface area contributed by atoms with Crippen molar-refractivity contribution in [2.24, 2.45) is 5.73 Å². The predicted octanol–water partition coefficient (Wildman–Crippen LogP) is 3.59. The van der Waals surface area contributed by atoms with Gasteiger partial charge in [0.25, 0.3) is 0 Å². The van der Waals surface area contributed by atoms with Crippen LogP contribution in [0.5, 0.6) is 5.75 Å². The van der Waals surface area contributed by atoms with Crippen LogP contribution in [0.2, 0.25) is 0 Å². The van der Waals surface area contributed by atoms with Gasteiger partial charge < -0.3 is 30.7 Å². The molecule has 3 aromatic rings. The zero-order valence-corrected chi connectivity index (χ0v) is 19.3. The number of hydrogen-bond donors (Lipinski definition) is 3. The van der Waals surface area contributed by atoms with E-state index < -0.39 is 17.5 Å². The number of benzene rings is 2. The number of aromatic nitrogens is 1. The van der Waals surface area contributed by atoms with Crippen LogP contribution in [0, 0.1) is 11.6 Å². The second-order valence-corrected chi connectivity index (χ2v) is 8.11. The third kappa shape index (κ3) is 6.36. The number of ether oxygens (including phenoxy) is 2. The molecule has 35 heavy (non-hydrogen) atoms. The monoisotopic (exact) mass is 483 g/mol. The van der Waals surface area contributed by atoms with E-state index in [2.05, 4.69) is 20.5 Å². The van der Waals surface area contributed by atoms with Gasteiger partial charge in [0, 0.05) is 61.0 Å². The van der Waals surface area contributed by atoms with Crippen molar-refractivity contribution in [3.05, 3.63) is 71.4 Å². The normalized spacial score (nSPS) is 13.4. The summed E-state index contributed by atoms with van der Waals surface area (Å²) < 4.78 is 38.1. The van der Waals surface area contributed by atoms with E-state index in [0.717, 1.165) is 24.8 Å². The van der Waals surface area contributed by atoms with Crippen LogP contribution in [-0.4, -0.2) is 44.3 Å². The quantitative estimate of drug-likeness (QED) is 0.428. The summed E-state index contributed by atoms with van der Waals surface area (Å²) in [6.45, 7) is 3.12. The topological polar surface area (TPSA) is 102 Å². The highest BCUT2D eigenvalue weighted by molar-refractivity contribution is 5.79. The first kappa shape index (κ1) is 24.2. The first-order valence-corrected chi connectivity index (χ1v) is 11.1. The Bertz CT molecular complexity index is 1180. The molecule has 0 atom stereocenters. The summed E-state index contributed by atoms with van der Waals surface area (Å²) in [7, 11) is 1.60. The minimum absolute atomic E-state index is 0.0370. The molecule has 4 rings (SSSR count). The molecular formula is C25H27F2N5O3. The molecule has 4 N–H and O–H groups in total. The Morgan fingerprint density at radius 1 is 1.11 bits per heavy atom. The maximum atomic E-state index is 13.6. The Morgan fingerprint density at radius 3 is 2.54 bits per heavy atom. The van der Waals surface area contributed by atoms with E-state index in [1.807, 2.05) is 18.2 Å². The summed E-state index contributed by atoms with van der Waals surface area (Å²) in [4.78, 5) is 18.2. The van der Waals surface area contributed by atoms with Crippen molar-refractivity contribution in [3.63, 3.8) is 0 Å². The van der Waals surface area contributed by atoms with Gasteiger partial charge in [-0.2, -0.15) is 0 Å². The van der Waals surface area contributed by atoms with Gasteiger partial charge in [0.1, 0.15) is 23.2 Å². The van der Waals surface area contributed by atoms with Gasteiger partial charge in [0.15, 0.2) is 0 Å². The number of pyridine rings is 1. The lowest BCUT2D eigenvalue weighted by atomic mass is 10.1. The molecule has 1 amide bonds. The highest BCUT2D eigenvalue weighted by atomic mass is 19.1. The van der Waals surface area contributed by atoms with Crippen molar-refractivity contribution in [1.29, 1.82) is 0 Å². The van der Waals surface area contributed by atoms with Crippen LogP contribution in [0.4, 0.5) is 31.7 Å². The van der Waals surface area contributed by atoms with Crippen molar-refractivity contribution in [2.45, 2.75) is 13.0 Å². The number of anilines is 4. The van der Waals surface area contributed by atoms with Crippen LogP contribution in [0.1, 0.15) is 11.1 Å². The molecule has 184 valence electrons. The van der Waals surface area contributed by atoms with Crippen LogP contribution in [-0.2, 0) is 22.5 Å². The molecule has 2 aromatic carbocycles. The number of hydrogen-bond acceptors (Lipinski definition) is 7. The summed E-state index contributed by atoms with van der Waals surface area (Å²) in [6, 6.07) is 10.9. The molecule has 1 fully saturated rings. The zero-order chi connectivity index (χ0) is 24.8. The summed E-state index contributed by atoms with van der Waals surface area (Å²) >= 11 is 0. The number of primary amides is 1. The Balaban J connectivity index is 1.55. The Kier molecular flexibility index (Phi) is 7.61. The maximum absolute atomic E-state index is 13.6. The molecule has 1 aliphatic rings. The summed E-state index contributed by atoms with van der Waals surface area (Å²) in [6.07, 6.45) is 1.50. The van der Waals surface area contributed by atoms with Crippen LogP contribution in [0.15, 0.2) is 48.7 Å². The zero-order valence-electron chi connectivity index (χ0n) is 19.3. The van der Waals surface area contributed by atoms with Crippen molar-refractivity contribution >= 4 is 28.8 Å². The highest BCUT2D eigenvalue weighted by Gasteiger charge is 2.15. The molecule has 0 radical (unpaired) electrons. The molecule has 2 heterocycles. The van der Waals surface area contributed by atoms with Gasteiger partial charge >= 0.3 is 0 Å². The molecule has 0 spiro atoms. The second-order valence-electron chi connectivity index (χ2n) is 8.11. The fourth-order valence-corrected chi connectivity index (χ4v) is 3.89. The van der Waals surface area contributed by atoms with E-state index in [9.17, 15) is 13.6 Å². The van der Waals surface area contributed by atoms with E-state index >= 15 is 0 Å². The highest BCUT2D eigenvalue weighted by Crippen LogP contribution is 2.33. The first-order valence-electron chi connectivity index (χ1n) is 11.1.